The van der Waals surface area contributed by atoms with Gasteiger partial charge in [0.2, 0.25) is 0 Å². The predicted octanol–water partition coefficient (Wildman–Crippen LogP) is 7.29. The molecule has 3 nitrogen and oxygen atoms in total. The molecular weight excluding hydrogens is 411 g/mol. The molecule has 0 amide bonds. The quantitative estimate of drug-likeness (QED) is 0.382. The first-order chi connectivity index (χ1) is 15.3. The van der Waals surface area contributed by atoms with Crippen LogP contribution in [0.1, 0.15) is 38.4 Å². The number of alkyl halides is 3. The van der Waals surface area contributed by atoms with Crippen LogP contribution < -0.4 is 5.32 Å². The fourth-order valence-electron chi connectivity index (χ4n) is 3.86. The maximum atomic E-state index is 13.7. The Morgan fingerprint density at radius 1 is 1.22 bits per heavy atom. The molecule has 32 heavy (non-hydrogen) atoms. The second-order valence-corrected chi connectivity index (χ2v) is 8.11. The number of para-hydroxylation sites is 1. The second kappa shape index (κ2) is 8.64. The van der Waals surface area contributed by atoms with Gasteiger partial charge in [0.25, 0.3) is 0 Å². The molecule has 1 N–H and O–H groups in total. The lowest BCUT2D eigenvalue weighted by molar-refractivity contribution is -0.0933. The molecule has 0 atom stereocenters. The topological polar surface area (TPSA) is 37.8 Å². The number of nitrogens with one attached hydrogen (secondary N) is 1. The number of halogens is 3. The molecule has 1 saturated carbocycles. The molecule has 2 aromatic rings. The molecule has 0 aliphatic heterocycles. The Morgan fingerprint density at radius 3 is 2.62 bits per heavy atom. The van der Waals surface area contributed by atoms with Crippen LogP contribution >= 0.6 is 0 Å². The molecule has 0 unspecified atom stereocenters. The van der Waals surface area contributed by atoms with E-state index in [1.165, 1.54) is 6.08 Å². The third-order valence-electron chi connectivity index (χ3n) is 5.61. The van der Waals surface area contributed by atoms with Crippen molar-refractivity contribution >= 4 is 22.3 Å². The summed E-state index contributed by atoms with van der Waals surface area (Å²) >= 11 is 0. The maximum absolute atomic E-state index is 13.7. The fourth-order valence-corrected chi connectivity index (χ4v) is 3.86. The molecule has 2 aliphatic carbocycles. The van der Waals surface area contributed by atoms with Gasteiger partial charge < -0.3 is 5.32 Å². The highest BCUT2D eigenvalue weighted by Gasteiger charge is 2.37. The van der Waals surface area contributed by atoms with Crippen LogP contribution in [0.15, 0.2) is 83.8 Å². The number of fused-ring (bicyclic) bond motifs is 1. The Labute approximate surface area is 185 Å². The van der Waals surface area contributed by atoms with Crippen LogP contribution in [0.25, 0.3) is 16.5 Å². The van der Waals surface area contributed by atoms with Gasteiger partial charge in [0.1, 0.15) is 5.82 Å². The average molecular weight is 435 g/mol. The van der Waals surface area contributed by atoms with Crippen LogP contribution in [0.2, 0.25) is 0 Å². The minimum atomic E-state index is -4.43. The summed E-state index contributed by atoms with van der Waals surface area (Å²) in [7, 11) is 0. The minimum absolute atomic E-state index is 0.0119. The standard InChI is InChI=1S/C26H24F3N3/c1-4-18(15-21(16(2)3)17-13-14-17)30-25-20-10-6-8-12-23(20)31-24(32-25)19-9-5-7-11-22(19)26(27,28)29/h5-6,8-10,12,15,17H,1-2,7,11,13-14H2,3H3,(H,30,31,32)/b21-15+. The number of anilines is 1. The summed E-state index contributed by atoms with van der Waals surface area (Å²) in [5.41, 5.74) is 5.55. The molecule has 164 valence electrons. The molecule has 0 radical (unpaired) electrons. The van der Waals surface area contributed by atoms with E-state index in [0.717, 1.165) is 24.0 Å². The molecule has 4 rings (SSSR count). The first-order valence-electron chi connectivity index (χ1n) is 10.6. The van der Waals surface area contributed by atoms with Crippen LogP contribution in [0, 0.1) is 5.92 Å². The first-order valence-corrected chi connectivity index (χ1v) is 10.6. The summed E-state index contributed by atoms with van der Waals surface area (Å²) in [5, 5.41) is 3.92. The van der Waals surface area contributed by atoms with Crippen molar-refractivity contribution < 1.29 is 13.2 Å². The number of hydrogen-bond acceptors (Lipinski definition) is 3. The normalized spacial score (nSPS) is 16.8. The van der Waals surface area contributed by atoms with E-state index in [-0.39, 0.29) is 17.8 Å². The molecule has 0 saturated heterocycles. The predicted molar refractivity (Wildman–Crippen MR) is 123 cm³/mol. The van der Waals surface area contributed by atoms with Crippen LogP contribution in [0.4, 0.5) is 19.0 Å². The van der Waals surface area contributed by atoms with E-state index < -0.39 is 11.7 Å². The van der Waals surface area contributed by atoms with E-state index in [4.69, 9.17) is 0 Å². The van der Waals surface area contributed by atoms with Gasteiger partial charge in [0.15, 0.2) is 5.82 Å². The lowest BCUT2D eigenvalue weighted by Gasteiger charge is -2.19. The Balaban J connectivity index is 1.82. The van der Waals surface area contributed by atoms with E-state index in [2.05, 4.69) is 34.2 Å². The summed E-state index contributed by atoms with van der Waals surface area (Å²) in [6.07, 6.45) is 3.20. The smallest absolute Gasteiger partial charge is 0.333 e. The van der Waals surface area contributed by atoms with Crippen molar-refractivity contribution in [2.45, 2.75) is 38.8 Å². The van der Waals surface area contributed by atoms with Gasteiger partial charge in [-0.1, -0.05) is 43.0 Å². The highest BCUT2D eigenvalue weighted by atomic mass is 19.4. The Hall–Kier alpha value is -3.37. The van der Waals surface area contributed by atoms with Crippen LogP contribution in [-0.4, -0.2) is 16.1 Å². The van der Waals surface area contributed by atoms with Crippen LogP contribution in [0.3, 0.4) is 0 Å². The SMILES string of the molecule is C=C=C(/C=C(\C(=C)C)C1CC1)Nc1nc(C2=C(C(F)(F)F)CCC=C2)nc2ccccc12. The number of nitrogens with zero attached hydrogens (tertiary/aromatic N) is 2. The first kappa shape index (κ1) is 21.8. The van der Waals surface area contributed by atoms with Gasteiger partial charge >= 0.3 is 6.18 Å². The highest BCUT2D eigenvalue weighted by molar-refractivity contribution is 5.91. The number of hydrogen-bond donors (Lipinski definition) is 1. The zero-order valence-electron chi connectivity index (χ0n) is 17.9. The van der Waals surface area contributed by atoms with Crippen LogP contribution in [-0.2, 0) is 0 Å². The summed E-state index contributed by atoms with van der Waals surface area (Å²) < 4.78 is 41.0. The molecule has 6 heteroatoms. The maximum Gasteiger partial charge on any atom is 0.413 e. The highest BCUT2D eigenvalue weighted by Crippen LogP contribution is 2.40. The van der Waals surface area contributed by atoms with Gasteiger partial charge in [-0.3, -0.25) is 0 Å². The Morgan fingerprint density at radius 2 is 1.97 bits per heavy atom. The van der Waals surface area contributed by atoms with Crippen molar-refractivity contribution in [3.63, 3.8) is 0 Å². The number of rotatable bonds is 6. The Kier molecular flexibility index (Phi) is 5.90. The second-order valence-electron chi connectivity index (χ2n) is 8.11. The fraction of sp³-hybridized carbons (Fsp3) is 0.269. The molecule has 0 bridgehead atoms. The van der Waals surface area contributed by atoms with Crippen molar-refractivity contribution in [2.24, 2.45) is 5.92 Å². The van der Waals surface area contributed by atoms with Gasteiger partial charge in [-0.2, -0.15) is 13.2 Å². The van der Waals surface area contributed by atoms with Gasteiger partial charge in [0, 0.05) is 16.5 Å². The van der Waals surface area contributed by atoms with Crippen molar-refractivity contribution in [3.05, 3.63) is 89.6 Å². The largest absolute Gasteiger partial charge is 0.413 e. The Bertz CT molecular complexity index is 1220. The zero-order chi connectivity index (χ0) is 22.9. The molecule has 1 aromatic heterocycles. The van der Waals surface area contributed by atoms with Gasteiger partial charge in [-0.25, -0.2) is 9.97 Å². The lowest BCUT2D eigenvalue weighted by Crippen LogP contribution is -2.16. The lowest BCUT2D eigenvalue weighted by atomic mass is 9.96. The molecule has 2 aliphatic rings. The third-order valence-corrected chi connectivity index (χ3v) is 5.61. The van der Waals surface area contributed by atoms with E-state index in [1.54, 1.807) is 18.2 Å². The molecular formula is C26H24F3N3. The van der Waals surface area contributed by atoms with Crippen molar-refractivity contribution in [1.29, 1.82) is 0 Å². The zero-order valence-corrected chi connectivity index (χ0v) is 17.9. The van der Waals surface area contributed by atoms with Crippen LogP contribution in [0.5, 0.6) is 0 Å². The van der Waals surface area contributed by atoms with Gasteiger partial charge in [-0.15, -0.1) is 5.73 Å². The van der Waals surface area contributed by atoms with Gasteiger partial charge in [0.05, 0.1) is 11.2 Å². The number of benzene rings is 1. The van der Waals surface area contributed by atoms with E-state index in [1.807, 2.05) is 25.1 Å². The number of allylic oxidation sites excluding steroid dienone is 7. The summed E-state index contributed by atoms with van der Waals surface area (Å²) in [6, 6.07) is 7.24. The number of aromatic nitrogens is 2. The molecule has 1 fully saturated rings. The summed E-state index contributed by atoms with van der Waals surface area (Å²) in [4.78, 5) is 8.97. The summed E-state index contributed by atoms with van der Waals surface area (Å²) in [5.74, 6) is 0.935. The molecule has 1 heterocycles. The van der Waals surface area contributed by atoms with Crippen molar-refractivity contribution in [3.8, 4) is 0 Å². The molecule has 1 aromatic carbocycles. The average Bonchev–Trinajstić information content (AvgIpc) is 3.60. The van der Waals surface area contributed by atoms with E-state index in [9.17, 15) is 13.2 Å². The summed E-state index contributed by atoms with van der Waals surface area (Å²) in [6.45, 7) is 9.80. The van der Waals surface area contributed by atoms with E-state index >= 15 is 0 Å². The van der Waals surface area contributed by atoms with Gasteiger partial charge in [-0.05, 0) is 62.3 Å². The van der Waals surface area contributed by atoms with Crippen molar-refractivity contribution in [1.82, 2.24) is 9.97 Å². The monoisotopic (exact) mass is 435 g/mol. The van der Waals surface area contributed by atoms with Crippen molar-refractivity contribution in [2.75, 3.05) is 5.32 Å². The van der Waals surface area contributed by atoms with E-state index in [0.29, 0.717) is 34.8 Å². The third kappa shape index (κ3) is 4.61. The molecule has 0 spiro atoms. The minimum Gasteiger partial charge on any atom is -0.333 e.